The Morgan fingerprint density at radius 2 is 1.83 bits per heavy atom. The van der Waals surface area contributed by atoms with Crippen LogP contribution in [0.5, 0.6) is 5.75 Å². The van der Waals surface area contributed by atoms with Crippen LogP contribution in [0.15, 0.2) is 46.9 Å². The number of aliphatic hydroxyl groups excluding tert-OH is 1. The van der Waals surface area contributed by atoms with Crippen LogP contribution in [0.3, 0.4) is 0 Å². The predicted octanol–water partition coefficient (Wildman–Crippen LogP) is 4.19. The van der Waals surface area contributed by atoms with Crippen LogP contribution in [0.2, 0.25) is 5.02 Å². The molecule has 2 rings (SSSR count). The van der Waals surface area contributed by atoms with Crippen molar-refractivity contribution in [1.82, 2.24) is 0 Å². The average Bonchev–Trinajstić information content (AvgIpc) is 2.38. The fourth-order valence-electron chi connectivity index (χ4n) is 1.74. The quantitative estimate of drug-likeness (QED) is 0.916. The van der Waals surface area contributed by atoms with Crippen molar-refractivity contribution in [3.63, 3.8) is 0 Å². The summed E-state index contributed by atoms with van der Waals surface area (Å²) in [4.78, 5) is 0. The molecule has 0 amide bonds. The molecule has 2 aromatic rings. The van der Waals surface area contributed by atoms with E-state index in [0.717, 1.165) is 10.0 Å². The molecule has 0 aromatic heterocycles. The zero-order chi connectivity index (χ0) is 13.1. The van der Waals surface area contributed by atoms with Gasteiger partial charge in [0, 0.05) is 15.1 Å². The van der Waals surface area contributed by atoms with Gasteiger partial charge in [-0.1, -0.05) is 45.7 Å². The number of halogens is 2. The van der Waals surface area contributed by atoms with Crippen molar-refractivity contribution in [3.05, 3.63) is 63.1 Å². The zero-order valence-corrected chi connectivity index (χ0v) is 12.1. The molecule has 0 aliphatic carbocycles. The molecule has 2 nitrogen and oxygen atoms in total. The second-order valence-electron chi connectivity index (χ2n) is 3.84. The molecule has 1 N–H and O–H groups in total. The van der Waals surface area contributed by atoms with Gasteiger partial charge in [0.05, 0.1) is 7.11 Å². The fraction of sp³-hybridized carbons (Fsp3) is 0.143. The SMILES string of the molecule is COc1cc(Cl)ccc1C(O)c1ccc(Br)cc1. The minimum atomic E-state index is -0.731. The van der Waals surface area contributed by atoms with E-state index in [9.17, 15) is 5.11 Å². The lowest BCUT2D eigenvalue weighted by Crippen LogP contribution is -2.02. The molecule has 0 saturated carbocycles. The van der Waals surface area contributed by atoms with Gasteiger partial charge in [0.15, 0.2) is 0 Å². The molecular formula is C14H12BrClO2. The van der Waals surface area contributed by atoms with Gasteiger partial charge in [0.2, 0.25) is 0 Å². The first-order chi connectivity index (χ1) is 8.61. The lowest BCUT2D eigenvalue weighted by molar-refractivity contribution is 0.214. The molecule has 18 heavy (non-hydrogen) atoms. The maximum atomic E-state index is 10.3. The third kappa shape index (κ3) is 2.86. The normalized spacial score (nSPS) is 12.2. The standard InChI is InChI=1S/C14H12BrClO2/c1-18-13-8-11(16)6-7-12(13)14(17)9-2-4-10(15)5-3-9/h2-8,14,17H,1H3. The van der Waals surface area contributed by atoms with Crippen LogP contribution in [-0.2, 0) is 0 Å². The van der Waals surface area contributed by atoms with Gasteiger partial charge >= 0.3 is 0 Å². The summed E-state index contributed by atoms with van der Waals surface area (Å²) >= 11 is 9.26. The van der Waals surface area contributed by atoms with Gasteiger partial charge in [-0.05, 0) is 29.8 Å². The maximum absolute atomic E-state index is 10.3. The van der Waals surface area contributed by atoms with Crippen LogP contribution >= 0.6 is 27.5 Å². The molecule has 0 bridgehead atoms. The largest absolute Gasteiger partial charge is 0.496 e. The van der Waals surface area contributed by atoms with Gasteiger partial charge < -0.3 is 9.84 Å². The second-order valence-corrected chi connectivity index (χ2v) is 5.19. The highest BCUT2D eigenvalue weighted by molar-refractivity contribution is 9.10. The molecule has 0 fully saturated rings. The van der Waals surface area contributed by atoms with E-state index in [-0.39, 0.29) is 0 Å². The molecule has 0 aliphatic heterocycles. The van der Waals surface area contributed by atoms with E-state index < -0.39 is 6.10 Å². The van der Waals surface area contributed by atoms with E-state index in [1.807, 2.05) is 24.3 Å². The Morgan fingerprint density at radius 3 is 2.44 bits per heavy atom. The number of benzene rings is 2. The Hall–Kier alpha value is -1.03. The van der Waals surface area contributed by atoms with Crippen LogP contribution in [0.25, 0.3) is 0 Å². The Kier molecular flexibility index (Phi) is 4.27. The van der Waals surface area contributed by atoms with Crippen LogP contribution in [0.1, 0.15) is 17.2 Å². The highest BCUT2D eigenvalue weighted by Crippen LogP contribution is 2.32. The molecule has 1 unspecified atom stereocenters. The monoisotopic (exact) mass is 326 g/mol. The van der Waals surface area contributed by atoms with Crippen molar-refractivity contribution in [1.29, 1.82) is 0 Å². The topological polar surface area (TPSA) is 29.5 Å². The highest BCUT2D eigenvalue weighted by atomic mass is 79.9. The lowest BCUT2D eigenvalue weighted by Gasteiger charge is -2.15. The third-order valence-electron chi connectivity index (χ3n) is 2.68. The van der Waals surface area contributed by atoms with Crippen molar-refractivity contribution in [3.8, 4) is 5.75 Å². The van der Waals surface area contributed by atoms with Crippen molar-refractivity contribution in [2.45, 2.75) is 6.10 Å². The summed E-state index contributed by atoms with van der Waals surface area (Å²) in [5.74, 6) is 0.581. The molecule has 94 valence electrons. The molecular weight excluding hydrogens is 316 g/mol. The summed E-state index contributed by atoms with van der Waals surface area (Å²) in [6.45, 7) is 0. The minimum Gasteiger partial charge on any atom is -0.496 e. The van der Waals surface area contributed by atoms with Crippen LogP contribution in [0, 0.1) is 0 Å². The Labute approximate surface area is 119 Å². The van der Waals surface area contributed by atoms with E-state index in [1.54, 1.807) is 25.3 Å². The Balaban J connectivity index is 2.39. The van der Waals surface area contributed by atoms with E-state index in [1.165, 1.54) is 0 Å². The zero-order valence-electron chi connectivity index (χ0n) is 9.73. The third-order valence-corrected chi connectivity index (χ3v) is 3.44. The van der Waals surface area contributed by atoms with Gasteiger partial charge in [-0.2, -0.15) is 0 Å². The number of aliphatic hydroxyl groups is 1. The molecule has 0 aliphatic rings. The summed E-state index contributed by atoms with van der Waals surface area (Å²) in [6.07, 6.45) is -0.731. The first kappa shape index (κ1) is 13.4. The van der Waals surface area contributed by atoms with Crippen LogP contribution in [-0.4, -0.2) is 12.2 Å². The molecule has 0 spiro atoms. The van der Waals surface area contributed by atoms with Gasteiger partial charge in [-0.15, -0.1) is 0 Å². The summed E-state index contributed by atoms with van der Waals surface area (Å²) in [6, 6.07) is 12.7. The van der Waals surface area contributed by atoms with Crippen molar-refractivity contribution < 1.29 is 9.84 Å². The predicted molar refractivity (Wildman–Crippen MR) is 76.2 cm³/mol. The van der Waals surface area contributed by atoms with Gasteiger partial charge in [-0.25, -0.2) is 0 Å². The Morgan fingerprint density at radius 1 is 1.17 bits per heavy atom. The molecule has 1 atom stereocenters. The number of methoxy groups -OCH3 is 1. The molecule has 2 aromatic carbocycles. The summed E-state index contributed by atoms with van der Waals surface area (Å²) < 4.78 is 6.21. The molecule has 0 heterocycles. The number of ether oxygens (including phenoxy) is 1. The lowest BCUT2D eigenvalue weighted by atomic mass is 10.0. The number of hydrogen-bond donors (Lipinski definition) is 1. The van der Waals surface area contributed by atoms with E-state index in [2.05, 4.69) is 15.9 Å². The van der Waals surface area contributed by atoms with Crippen molar-refractivity contribution in [2.75, 3.05) is 7.11 Å². The average molecular weight is 328 g/mol. The van der Waals surface area contributed by atoms with E-state index in [0.29, 0.717) is 16.3 Å². The Bertz CT molecular complexity index is 540. The molecule has 0 saturated heterocycles. The van der Waals surface area contributed by atoms with Crippen LogP contribution in [0.4, 0.5) is 0 Å². The van der Waals surface area contributed by atoms with Crippen molar-refractivity contribution >= 4 is 27.5 Å². The van der Waals surface area contributed by atoms with E-state index in [4.69, 9.17) is 16.3 Å². The summed E-state index contributed by atoms with van der Waals surface area (Å²) in [5, 5.41) is 10.9. The summed E-state index contributed by atoms with van der Waals surface area (Å²) in [7, 11) is 1.56. The van der Waals surface area contributed by atoms with Crippen LogP contribution < -0.4 is 4.74 Å². The maximum Gasteiger partial charge on any atom is 0.126 e. The minimum absolute atomic E-state index is 0.581. The molecule has 4 heteroatoms. The highest BCUT2D eigenvalue weighted by Gasteiger charge is 2.15. The van der Waals surface area contributed by atoms with E-state index >= 15 is 0 Å². The number of hydrogen-bond acceptors (Lipinski definition) is 2. The van der Waals surface area contributed by atoms with Crippen molar-refractivity contribution in [2.24, 2.45) is 0 Å². The van der Waals surface area contributed by atoms with Gasteiger partial charge in [-0.3, -0.25) is 0 Å². The summed E-state index contributed by atoms with van der Waals surface area (Å²) in [5.41, 5.74) is 1.50. The van der Waals surface area contributed by atoms with Gasteiger partial charge in [0.25, 0.3) is 0 Å². The second kappa shape index (κ2) is 5.74. The molecule has 0 radical (unpaired) electrons. The number of rotatable bonds is 3. The first-order valence-electron chi connectivity index (χ1n) is 5.39. The smallest absolute Gasteiger partial charge is 0.126 e. The van der Waals surface area contributed by atoms with Gasteiger partial charge in [0.1, 0.15) is 11.9 Å². The fourth-order valence-corrected chi connectivity index (χ4v) is 2.16. The first-order valence-corrected chi connectivity index (χ1v) is 6.56.